The maximum absolute atomic E-state index is 13.1. The quantitative estimate of drug-likeness (QED) is 0.540. The van der Waals surface area contributed by atoms with E-state index in [0.29, 0.717) is 18.4 Å². The Labute approximate surface area is 134 Å². The van der Waals surface area contributed by atoms with Crippen LogP contribution in [0.1, 0.15) is 29.4 Å². The number of nitrogens with zero attached hydrogens (tertiary/aromatic N) is 2. The zero-order valence-corrected chi connectivity index (χ0v) is 12.9. The number of aromatic amines is 1. The molecule has 23 heavy (non-hydrogen) atoms. The summed E-state index contributed by atoms with van der Waals surface area (Å²) in [5, 5.41) is 8.48. The summed E-state index contributed by atoms with van der Waals surface area (Å²) in [7, 11) is 0. The summed E-state index contributed by atoms with van der Waals surface area (Å²) in [5.41, 5.74) is 1.71. The van der Waals surface area contributed by atoms with Gasteiger partial charge in [-0.2, -0.15) is 0 Å². The molecule has 0 saturated carbocycles. The van der Waals surface area contributed by atoms with Crippen molar-refractivity contribution in [3.8, 4) is 0 Å². The topological polar surface area (TPSA) is 82.5 Å². The van der Waals surface area contributed by atoms with Crippen LogP contribution in [0.5, 0.6) is 0 Å². The molecule has 2 N–H and O–H groups in total. The molecule has 1 atom stereocenters. The Kier molecular flexibility index (Phi) is 4.02. The molecule has 3 rings (SSSR count). The molecule has 0 aliphatic heterocycles. The van der Waals surface area contributed by atoms with Crippen LogP contribution < -0.4 is 0 Å². The second-order valence-corrected chi connectivity index (χ2v) is 5.95. The van der Waals surface area contributed by atoms with Gasteiger partial charge in [0.05, 0.1) is 5.69 Å². The minimum Gasteiger partial charge on any atom is -0.361 e. The van der Waals surface area contributed by atoms with E-state index in [0.717, 1.165) is 16.6 Å². The van der Waals surface area contributed by atoms with Crippen molar-refractivity contribution in [1.29, 1.82) is 5.41 Å². The molecule has 0 amide bonds. The molecule has 0 aliphatic rings. The van der Waals surface area contributed by atoms with Gasteiger partial charge >= 0.3 is 0 Å². The number of fused-ring (bicyclic) bond motifs is 1. The molecule has 0 radical (unpaired) electrons. The molecule has 0 saturated heterocycles. The zero-order chi connectivity index (χ0) is 16.3. The molecular weight excluding hydrogens is 288 g/mol. The van der Waals surface area contributed by atoms with Crippen molar-refractivity contribution in [2.45, 2.75) is 19.8 Å². The monoisotopic (exact) mass is 306 g/mol. The highest BCUT2D eigenvalue weighted by Crippen LogP contribution is 2.30. The summed E-state index contributed by atoms with van der Waals surface area (Å²) in [5.74, 6) is 0.0229. The summed E-state index contributed by atoms with van der Waals surface area (Å²) >= 11 is 0. The SMILES string of the molecule is CC(CC=N)(Cc1cnccn1)C(=O)c1ccc2[nH]ccc2c1. The summed E-state index contributed by atoms with van der Waals surface area (Å²) in [6, 6.07) is 7.59. The third-order valence-electron chi connectivity index (χ3n) is 4.10. The predicted octanol–water partition coefficient (Wildman–Crippen LogP) is 3.43. The predicted molar refractivity (Wildman–Crippen MR) is 89.9 cm³/mol. The van der Waals surface area contributed by atoms with Gasteiger partial charge in [-0.3, -0.25) is 14.8 Å². The molecule has 0 aliphatic carbocycles. The Morgan fingerprint density at radius 1 is 1.35 bits per heavy atom. The van der Waals surface area contributed by atoms with Crippen molar-refractivity contribution in [2.24, 2.45) is 5.41 Å². The molecule has 0 spiro atoms. The molecule has 2 heterocycles. The number of hydrogen-bond acceptors (Lipinski definition) is 4. The molecular formula is C18H18N4O. The number of Topliss-reactive ketones (excluding diaryl/α,β-unsaturated/α-hetero) is 1. The highest BCUT2D eigenvalue weighted by molar-refractivity contribution is 6.03. The smallest absolute Gasteiger partial charge is 0.169 e. The minimum atomic E-state index is -0.707. The van der Waals surface area contributed by atoms with E-state index in [-0.39, 0.29) is 5.78 Å². The van der Waals surface area contributed by atoms with Crippen molar-refractivity contribution in [2.75, 3.05) is 0 Å². The van der Waals surface area contributed by atoms with Crippen LogP contribution in [0.25, 0.3) is 10.9 Å². The molecule has 1 aromatic carbocycles. The van der Waals surface area contributed by atoms with Gasteiger partial charge in [0, 0.05) is 53.1 Å². The van der Waals surface area contributed by atoms with Crippen molar-refractivity contribution < 1.29 is 4.79 Å². The van der Waals surface area contributed by atoms with Crippen LogP contribution >= 0.6 is 0 Å². The molecule has 5 nitrogen and oxygen atoms in total. The Morgan fingerprint density at radius 3 is 2.96 bits per heavy atom. The summed E-state index contributed by atoms with van der Waals surface area (Å²) in [6.07, 6.45) is 8.88. The van der Waals surface area contributed by atoms with Crippen molar-refractivity contribution in [3.05, 3.63) is 60.3 Å². The number of benzene rings is 1. The van der Waals surface area contributed by atoms with E-state index in [1.165, 1.54) is 6.21 Å². The van der Waals surface area contributed by atoms with Crippen molar-refractivity contribution in [1.82, 2.24) is 15.0 Å². The van der Waals surface area contributed by atoms with Gasteiger partial charge in [0.2, 0.25) is 0 Å². The van der Waals surface area contributed by atoms with E-state index in [1.54, 1.807) is 18.6 Å². The molecule has 3 aromatic rings. The van der Waals surface area contributed by atoms with E-state index in [2.05, 4.69) is 15.0 Å². The summed E-state index contributed by atoms with van der Waals surface area (Å²) in [6.45, 7) is 1.89. The van der Waals surface area contributed by atoms with E-state index in [9.17, 15) is 4.79 Å². The van der Waals surface area contributed by atoms with Gasteiger partial charge in [-0.15, -0.1) is 0 Å². The maximum atomic E-state index is 13.1. The number of hydrogen-bond donors (Lipinski definition) is 2. The average Bonchev–Trinajstić information content (AvgIpc) is 3.02. The lowest BCUT2D eigenvalue weighted by molar-refractivity contribution is 0.0823. The molecule has 0 bridgehead atoms. The Balaban J connectivity index is 1.95. The van der Waals surface area contributed by atoms with E-state index in [4.69, 9.17) is 5.41 Å². The number of ketones is 1. The number of aromatic nitrogens is 3. The second-order valence-electron chi connectivity index (χ2n) is 5.95. The van der Waals surface area contributed by atoms with Gasteiger partial charge in [0.1, 0.15) is 0 Å². The third-order valence-corrected chi connectivity index (χ3v) is 4.10. The first-order valence-corrected chi connectivity index (χ1v) is 7.48. The van der Waals surface area contributed by atoms with Crippen LogP contribution in [0.3, 0.4) is 0 Å². The Hall–Kier alpha value is -2.82. The second kappa shape index (κ2) is 6.12. The minimum absolute atomic E-state index is 0.0229. The fourth-order valence-electron chi connectivity index (χ4n) is 2.83. The van der Waals surface area contributed by atoms with Crippen molar-refractivity contribution in [3.63, 3.8) is 0 Å². The molecule has 1 unspecified atom stereocenters. The third kappa shape index (κ3) is 3.04. The number of H-pyrrole nitrogens is 1. The maximum Gasteiger partial charge on any atom is 0.169 e. The van der Waals surface area contributed by atoms with E-state index >= 15 is 0 Å². The van der Waals surface area contributed by atoms with Gasteiger partial charge < -0.3 is 10.4 Å². The van der Waals surface area contributed by atoms with Gasteiger partial charge in [-0.25, -0.2) is 0 Å². The van der Waals surface area contributed by atoms with Crippen molar-refractivity contribution >= 4 is 22.9 Å². The molecule has 5 heteroatoms. The number of carbonyl (C=O) groups excluding carboxylic acids is 1. The van der Waals surface area contributed by atoms with Crippen LogP contribution in [0, 0.1) is 10.8 Å². The van der Waals surface area contributed by atoms with Gasteiger partial charge in [-0.05, 0) is 36.9 Å². The molecule has 0 fully saturated rings. The lowest BCUT2D eigenvalue weighted by Gasteiger charge is -2.26. The highest BCUT2D eigenvalue weighted by Gasteiger charge is 2.34. The molecule has 2 aromatic heterocycles. The Morgan fingerprint density at radius 2 is 2.22 bits per heavy atom. The van der Waals surface area contributed by atoms with Crippen LogP contribution in [-0.4, -0.2) is 26.9 Å². The fraction of sp³-hybridized carbons (Fsp3) is 0.222. The van der Waals surface area contributed by atoms with E-state index < -0.39 is 5.41 Å². The van der Waals surface area contributed by atoms with Crippen LogP contribution in [-0.2, 0) is 6.42 Å². The molecule has 116 valence electrons. The highest BCUT2D eigenvalue weighted by atomic mass is 16.1. The number of nitrogens with one attached hydrogen (secondary N) is 2. The lowest BCUT2D eigenvalue weighted by atomic mass is 9.76. The van der Waals surface area contributed by atoms with E-state index in [1.807, 2.05) is 37.4 Å². The van der Waals surface area contributed by atoms with Gasteiger partial charge in [0.15, 0.2) is 5.78 Å². The standard InChI is InChI=1S/C18H18N4O/c1-18(5-6-19,11-15-12-20-8-9-21-15)17(23)14-2-3-16-13(10-14)4-7-22-16/h2-4,6-10,12,19,22H,5,11H2,1H3. The fourth-order valence-corrected chi connectivity index (χ4v) is 2.83. The van der Waals surface area contributed by atoms with Crippen LogP contribution in [0.4, 0.5) is 0 Å². The van der Waals surface area contributed by atoms with Crippen LogP contribution in [0.15, 0.2) is 49.1 Å². The number of carbonyl (C=O) groups is 1. The normalized spacial score (nSPS) is 13.6. The first-order valence-electron chi connectivity index (χ1n) is 7.48. The average molecular weight is 306 g/mol. The number of rotatable bonds is 6. The van der Waals surface area contributed by atoms with Gasteiger partial charge in [0.25, 0.3) is 0 Å². The first kappa shape index (κ1) is 15.1. The van der Waals surface area contributed by atoms with Gasteiger partial charge in [-0.1, -0.05) is 6.92 Å². The summed E-state index contributed by atoms with van der Waals surface area (Å²) < 4.78 is 0. The summed E-state index contributed by atoms with van der Waals surface area (Å²) in [4.78, 5) is 24.5. The Bertz CT molecular complexity index is 840. The van der Waals surface area contributed by atoms with Crippen LogP contribution in [0.2, 0.25) is 0 Å². The zero-order valence-electron chi connectivity index (χ0n) is 12.9. The first-order chi connectivity index (χ1) is 11.1. The lowest BCUT2D eigenvalue weighted by Crippen LogP contribution is -2.31. The largest absolute Gasteiger partial charge is 0.361 e.